The van der Waals surface area contributed by atoms with E-state index in [4.69, 9.17) is 0 Å². The van der Waals surface area contributed by atoms with Crippen molar-refractivity contribution in [3.63, 3.8) is 0 Å². The van der Waals surface area contributed by atoms with Gasteiger partial charge in [-0.3, -0.25) is 0 Å². The van der Waals surface area contributed by atoms with E-state index in [1.54, 1.807) is 0 Å². The summed E-state index contributed by atoms with van der Waals surface area (Å²) in [6, 6.07) is 6.09. The molecule has 0 radical (unpaired) electrons. The smallest absolute Gasteiger partial charge is 0.137 e. The van der Waals surface area contributed by atoms with Crippen LogP contribution in [0.15, 0.2) is 30.6 Å². The highest BCUT2D eigenvalue weighted by Crippen LogP contribution is 2.39. The fourth-order valence-electron chi connectivity index (χ4n) is 2.52. The maximum atomic E-state index is 4.58. The first-order chi connectivity index (χ1) is 8.25. The Labute approximate surface area is 102 Å². The summed E-state index contributed by atoms with van der Waals surface area (Å²) in [4.78, 5) is 4.58. The van der Waals surface area contributed by atoms with Crippen molar-refractivity contribution in [2.24, 2.45) is 5.41 Å². The van der Waals surface area contributed by atoms with Crippen LogP contribution in [0.3, 0.4) is 0 Å². The third kappa shape index (κ3) is 2.20. The van der Waals surface area contributed by atoms with E-state index < -0.39 is 0 Å². The molecular weight excluding hydrogens is 210 g/mol. The lowest BCUT2D eigenvalue weighted by Gasteiger charge is -2.38. The Morgan fingerprint density at radius 3 is 3.00 bits per heavy atom. The zero-order valence-corrected chi connectivity index (χ0v) is 10.3. The van der Waals surface area contributed by atoms with Gasteiger partial charge in [0.05, 0.1) is 5.69 Å². The Morgan fingerprint density at radius 1 is 1.41 bits per heavy atom. The zero-order chi connectivity index (χ0) is 11.7. The second kappa shape index (κ2) is 4.15. The third-order valence-corrected chi connectivity index (χ3v) is 3.83. The van der Waals surface area contributed by atoms with E-state index in [9.17, 15) is 0 Å². The van der Waals surface area contributed by atoms with Crippen LogP contribution in [-0.2, 0) is 6.54 Å². The van der Waals surface area contributed by atoms with Crippen molar-refractivity contribution in [3.8, 4) is 0 Å². The highest BCUT2D eigenvalue weighted by atomic mass is 15.0. The van der Waals surface area contributed by atoms with E-state index in [-0.39, 0.29) is 0 Å². The molecule has 3 heteroatoms. The van der Waals surface area contributed by atoms with Crippen LogP contribution in [0.1, 0.15) is 31.9 Å². The fraction of sp³-hybridized carbons (Fsp3) is 0.500. The Hall–Kier alpha value is -1.35. The predicted octanol–water partition coefficient (Wildman–Crippen LogP) is 2.61. The topological polar surface area (TPSA) is 29.3 Å². The number of hydrogen-bond donors (Lipinski definition) is 1. The van der Waals surface area contributed by atoms with E-state index in [2.05, 4.69) is 27.8 Å². The van der Waals surface area contributed by atoms with Crippen molar-refractivity contribution in [1.82, 2.24) is 14.7 Å². The lowest BCUT2D eigenvalue weighted by molar-refractivity contribution is 0.156. The molecule has 1 aliphatic rings. The molecular formula is C14H19N3. The van der Waals surface area contributed by atoms with E-state index in [0.717, 1.165) is 24.4 Å². The number of nitrogens with zero attached hydrogens (tertiary/aromatic N) is 2. The van der Waals surface area contributed by atoms with E-state index in [1.807, 2.05) is 24.4 Å². The summed E-state index contributed by atoms with van der Waals surface area (Å²) < 4.78 is 2.07. The summed E-state index contributed by atoms with van der Waals surface area (Å²) in [5.41, 5.74) is 2.69. The van der Waals surface area contributed by atoms with Crippen LogP contribution < -0.4 is 5.32 Å². The number of hydrogen-bond acceptors (Lipinski definition) is 2. The Kier molecular flexibility index (Phi) is 2.63. The largest absolute Gasteiger partial charge is 0.311 e. The molecule has 17 heavy (non-hydrogen) atoms. The average molecular weight is 229 g/mol. The van der Waals surface area contributed by atoms with Crippen molar-refractivity contribution in [3.05, 3.63) is 36.3 Å². The van der Waals surface area contributed by atoms with E-state index >= 15 is 0 Å². The summed E-state index contributed by atoms with van der Waals surface area (Å²) >= 11 is 0. The molecule has 2 aromatic heterocycles. The second-order valence-electron chi connectivity index (χ2n) is 5.47. The molecule has 3 rings (SSSR count). The van der Waals surface area contributed by atoms with Crippen LogP contribution in [0.2, 0.25) is 0 Å². The summed E-state index contributed by atoms with van der Waals surface area (Å²) in [6.07, 6.45) is 8.27. The molecule has 1 fully saturated rings. The number of pyridine rings is 1. The van der Waals surface area contributed by atoms with Gasteiger partial charge in [0.15, 0.2) is 0 Å². The van der Waals surface area contributed by atoms with Crippen LogP contribution >= 0.6 is 0 Å². The van der Waals surface area contributed by atoms with Crippen molar-refractivity contribution in [2.75, 3.05) is 6.54 Å². The second-order valence-corrected chi connectivity index (χ2v) is 5.47. The molecule has 2 heterocycles. The number of aromatic nitrogens is 2. The van der Waals surface area contributed by atoms with Crippen LogP contribution in [0, 0.1) is 5.41 Å². The third-order valence-electron chi connectivity index (χ3n) is 3.83. The Balaban J connectivity index is 1.61. The highest BCUT2D eigenvalue weighted by molar-refractivity contribution is 5.39. The quantitative estimate of drug-likeness (QED) is 0.873. The molecule has 0 saturated heterocycles. The molecule has 0 atom stereocenters. The molecule has 0 aromatic carbocycles. The summed E-state index contributed by atoms with van der Waals surface area (Å²) in [6.45, 7) is 4.35. The standard InChI is InChI=1S/C14H19N3/c1-14(6-4-7-14)11-15-9-12-10-17-8-3-2-5-13(17)16-12/h2-3,5,8,10,15H,4,6-7,9,11H2,1H3. The Bertz CT molecular complexity index is 478. The van der Waals surface area contributed by atoms with Crippen molar-refractivity contribution < 1.29 is 0 Å². The molecule has 1 aliphatic carbocycles. The molecule has 0 amide bonds. The van der Waals surface area contributed by atoms with Crippen LogP contribution in [-0.4, -0.2) is 15.9 Å². The molecule has 0 aliphatic heterocycles. The first-order valence-electron chi connectivity index (χ1n) is 6.39. The normalized spacial score (nSPS) is 18.2. The fourth-order valence-corrected chi connectivity index (χ4v) is 2.52. The first-order valence-corrected chi connectivity index (χ1v) is 6.39. The van der Waals surface area contributed by atoms with Crippen molar-refractivity contribution in [2.45, 2.75) is 32.7 Å². The minimum absolute atomic E-state index is 0.541. The number of imidazole rings is 1. The average Bonchev–Trinajstić information content (AvgIpc) is 2.69. The molecule has 0 bridgehead atoms. The number of fused-ring (bicyclic) bond motifs is 1. The van der Waals surface area contributed by atoms with Gasteiger partial charge in [0.1, 0.15) is 5.65 Å². The summed E-state index contributed by atoms with van der Waals surface area (Å²) in [5.74, 6) is 0. The minimum atomic E-state index is 0.541. The lowest BCUT2D eigenvalue weighted by atomic mass is 9.70. The number of nitrogens with one attached hydrogen (secondary N) is 1. The maximum Gasteiger partial charge on any atom is 0.137 e. The molecule has 3 nitrogen and oxygen atoms in total. The lowest BCUT2D eigenvalue weighted by Crippen LogP contribution is -2.37. The van der Waals surface area contributed by atoms with Crippen LogP contribution in [0.4, 0.5) is 0 Å². The van der Waals surface area contributed by atoms with Gasteiger partial charge in [-0.25, -0.2) is 4.98 Å². The van der Waals surface area contributed by atoms with Gasteiger partial charge in [0, 0.05) is 25.5 Å². The first kappa shape index (κ1) is 10.8. The van der Waals surface area contributed by atoms with Gasteiger partial charge in [0.25, 0.3) is 0 Å². The van der Waals surface area contributed by atoms with Gasteiger partial charge in [-0.1, -0.05) is 19.4 Å². The van der Waals surface area contributed by atoms with Crippen molar-refractivity contribution in [1.29, 1.82) is 0 Å². The van der Waals surface area contributed by atoms with E-state index in [0.29, 0.717) is 5.41 Å². The van der Waals surface area contributed by atoms with E-state index in [1.165, 1.54) is 19.3 Å². The minimum Gasteiger partial charge on any atom is -0.311 e. The maximum absolute atomic E-state index is 4.58. The number of rotatable bonds is 4. The Morgan fingerprint density at radius 2 is 2.29 bits per heavy atom. The van der Waals surface area contributed by atoms with Gasteiger partial charge in [-0.05, 0) is 30.4 Å². The van der Waals surface area contributed by atoms with Crippen LogP contribution in [0.5, 0.6) is 0 Å². The van der Waals surface area contributed by atoms with Gasteiger partial charge < -0.3 is 9.72 Å². The molecule has 1 saturated carbocycles. The SMILES string of the molecule is CC1(CNCc2cn3ccccc3n2)CCC1. The molecule has 1 N–H and O–H groups in total. The van der Waals surface area contributed by atoms with Gasteiger partial charge >= 0.3 is 0 Å². The van der Waals surface area contributed by atoms with Gasteiger partial charge in [-0.2, -0.15) is 0 Å². The van der Waals surface area contributed by atoms with Crippen LogP contribution in [0.25, 0.3) is 5.65 Å². The summed E-state index contributed by atoms with van der Waals surface area (Å²) in [5, 5.41) is 3.53. The predicted molar refractivity (Wildman–Crippen MR) is 68.9 cm³/mol. The molecule has 0 unspecified atom stereocenters. The molecule has 2 aromatic rings. The monoisotopic (exact) mass is 229 g/mol. The van der Waals surface area contributed by atoms with Gasteiger partial charge in [-0.15, -0.1) is 0 Å². The molecule has 0 spiro atoms. The van der Waals surface area contributed by atoms with Crippen molar-refractivity contribution >= 4 is 5.65 Å². The zero-order valence-electron chi connectivity index (χ0n) is 10.3. The summed E-state index contributed by atoms with van der Waals surface area (Å²) in [7, 11) is 0. The molecule has 90 valence electrons. The highest BCUT2D eigenvalue weighted by Gasteiger charge is 2.30. The van der Waals surface area contributed by atoms with Gasteiger partial charge in [0.2, 0.25) is 0 Å².